The molecular weight excluding hydrogens is 392 g/mol. The Morgan fingerprint density at radius 1 is 0.966 bits per heavy atom. The topological polar surface area (TPSA) is 102 Å². The van der Waals surface area contributed by atoms with E-state index in [1.54, 1.807) is 31.2 Å². The lowest BCUT2D eigenvalue weighted by Gasteiger charge is -2.24. The molecule has 0 saturated heterocycles. The van der Waals surface area contributed by atoms with E-state index >= 15 is 0 Å². The summed E-state index contributed by atoms with van der Waals surface area (Å²) in [6.07, 6.45) is 0.729. The lowest BCUT2D eigenvalue weighted by molar-refractivity contribution is -0.148. The van der Waals surface area contributed by atoms with Crippen molar-refractivity contribution in [3.8, 4) is 0 Å². The predicted molar refractivity (Wildman–Crippen MR) is 113 cm³/mol. The van der Waals surface area contributed by atoms with Crippen LogP contribution < -0.4 is 10.0 Å². The van der Waals surface area contributed by atoms with Crippen molar-refractivity contribution in [1.82, 2.24) is 10.0 Å². The molecule has 2 atom stereocenters. The lowest BCUT2D eigenvalue weighted by atomic mass is 10.0. The van der Waals surface area contributed by atoms with Gasteiger partial charge in [0.2, 0.25) is 15.9 Å². The number of rotatable bonds is 12. The Morgan fingerprint density at radius 2 is 1.52 bits per heavy atom. The Labute approximate surface area is 174 Å². The fraction of sp³-hybridized carbons (Fsp3) is 0.619. The molecule has 7 nitrogen and oxygen atoms in total. The third kappa shape index (κ3) is 9.89. The van der Waals surface area contributed by atoms with Gasteiger partial charge < -0.3 is 10.1 Å². The van der Waals surface area contributed by atoms with Gasteiger partial charge in [0.15, 0.2) is 0 Å². The van der Waals surface area contributed by atoms with Gasteiger partial charge in [0.25, 0.3) is 0 Å². The Balaban J connectivity index is 2.94. The van der Waals surface area contributed by atoms with Gasteiger partial charge in [-0.05, 0) is 37.2 Å². The van der Waals surface area contributed by atoms with Gasteiger partial charge >= 0.3 is 5.97 Å². The molecule has 8 heteroatoms. The van der Waals surface area contributed by atoms with Crippen LogP contribution in [0.15, 0.2) is 30.3 Å². The summed E-state index contributed by atoms with van der Waals surface area (Å²) in [6.45, 7) is 9.60. The van der Waals surface area contributed by atoms with E-state index in [-0.39, 0.29) is 24.2 Å². The average molecular weight is 427 g/mol. The van der Waals surface area contributed by atoms with Crippen molar-refractivity contribution < 1.29 is 22.7 Å². The maximum atomic E-state index is 12.9. The third-order valence-corrected chi connectivity index (χ3v) is 5.50. The molecule has 29 heavy (non-hydrogen) atoms. The molecule has 0 spiro atoms. The number of carbonyl (C=O) groups excluding carboxylic acids is 2. The minimum Gasteiger partial charge on any atom is -0.464 e. The van der Waals surface area contributed by atoms with Crippen molar-refractivity contribution in [1.29, 1.82) is 0 Å². The summed E-state index contributed by atoms with van der Waals surface area (Å²) in [5, 5.41) is 2.68. The number of hydrogen-bond donors (Lipinski definition) is 2. The molecular formula is C21H34N2O5S. The number of benzene rings is 1. The van der Waals surface area contributed by atoms with Gasteiger partial charge in [-0.25, -0.2) is 17.9 Å². The van der Waals surface area contributed by atoms with E-state index in [4.69, 9.17) is 4.74 Å². The number of amides is 1. The summed E-state index contributed by atoms with van der Waals surface area (Å²) in [5.74, 6) is -1.01. The first-order valence-corrected chi connectivity index (χ1v) is 11.7. The van der Waals surface area contributed by atoms with Crippen LogP contribution in [0.2, 0.25) is 0 Å². The van der Waals surface area contributed by atoms with E-state index in [9.17, 15) is 18.0 Å². The molecule has 1 rings (SSSR count). The first-order chi connectivity index (χ1) is 13.5. The van der Waals surface area contributed by atoms with Crippen LogP contribution in [-0.2, 0) is 30.1 Å². The second-order valence-electron chi connectivity index (χ2n) is 7.99. The molecule has 1 aromatic carbocycles. The molecule has 164 valence electrons. The van der Waals surface area contributed by atoms with Crippen LogP contribution in [0, 0.1) is 11.8 Å². The monoisotopic (exact) mass is 426 g/mol. The molecule has 0 aromatic heterocycles. The zero-order chi connectivity index (χ0) is 22.0. The van der Waals surface area contributed by atoms with E-state index in [0.717, 1.165) is 0 Å². The van der Waals surface area contributed by atoms with Gasteiger partial charge in [0, 0.05) is 0 Å². The van der Waals surface area contributed by atoms with Gasteiger partial charge in [-0.3, -0.25) is 4.79 Å². The van der Waals surface area contributed by atoms with Crippen molar-refractivity contribution in [2.24, 2.45) is 11.8 Å². The van der Waals surface area contributed by atoms with Gasteiger partial charge in [-0.2, -0.15) is 0 Å². The predicted octanol–water partition coefficient (Wildman–Crippen LogP) is 2.61. The molecule has 0 saturated carbocycles. The molecule has 0 aliphatic heterocycles. The number of nitrogens with one attached hydrogen (secondary N) is 2. The number of hydrogen-bond acceptors (Lipinski definition) is 5. The minimum atomic E-state index is -3.74. The molecule has 0 radical (unpaired) electrons. The zero-order valence-electron chi connectivity index (χ0n) is 18.0. The van der Waals surface area contributed by atoms with Gasteiger partial charge in [0.05, 0.1) is 12.4 Å². The summed E-state index contributed by atoms with van der Waals surface area (Å²) < 4.78 is 32.8. The second kappa shape index (κ2) is 11.9. The first-order valence-electron chi connectivity index (χ1n) is 10.0. The molecule has 0 bridgehead atoms. The highest BCUT2D eigenvalue weighted by molar-refractivity contribution is 7.88. The highest BCUT2D eigenvalue weighted by Crippen LogP contribution is 2.12. The van der Waals surface area contributed by atoms with E-state index in [2.05, 4.69) is 10.0 Å². The summed E-state index contributed by atoms with van der Waals surface area (Å²) >= 11 is 0. The van der Waals surface area contributed by atoms with E-state index in [1.165, 1.54) is 0 Å². The fourth-order valence-corrected chi connectivity index (χ4v) is 4.28. The fourth-order valence-electron chi connectivity index (χ4n) is 2.93. The van der Waals surface area contributed by atoms with Crippen LogP contribution in [0.3, 0.4) is 0 Å². The number of carbonyl (C=O) groups is 2. The van der Waals surface area contributed by atoms with Crippen LogP contribution >= 0.6 is 0 Å². The maximum Gasteiger partial charge on any atom is 0.328 e. The molecule has 1 amide bonds. The summed E-state index contributed by atoms with van der Waals surface area (Å²) in [6, 6.07) is 7.00. The van der Waals surface area contributed by atoms with Crippen molar-refractivity contribution in [3.05, 3.63) is 35.9 Å². The van der Waals surface area contributed by atoms with Crippen LogP contribution in [0.4, 0.5) is 0 Å². The van der Waals surface area contributed by atoms with Crippen molar-refractivity contribution in [3.63, 3.8) is 0 Å². The average Bonchev–Trinajstić information content (AvgIpc) is 2.60. The minimum absolute atomic E-state index is 0.0799. The van der Waals surface area contributed by atoms with Gasteiger partial charge in [-0.15, -0.1) is 0 Å². The molecule has 2 N–H and O–H groups in total. The SMILES string of the molecule is CCOC(=O)[C@H](CC(C)C)NC(=O)[C@H](CC(C)C)NS(=O)(=O)Cc1ccccc1. The Hall–Kier alpha value is -1.93. The molecule has 0 heterocycles. The van der Waals surface area contributed by atoms with Crippen LogP contribution in [0.1, 0.15) is 53.0 Å². The molecule has 1 aromatic rings. The van der Waals surface area contributed by atoms with Crippen molar-refractivity contribution >= 4 is 21.9 Å². The van der Waals surface area contributed by atoms with E-state index in [1.807, 2.05) is 33.8 Å². The van der Waals surface area contributed by atoms with Crippen molar-refractivity contribution in [2.75, 3.05) is 6.61 Å². The highest BCUT2D eigenvalue weighted by Gasteiger charge is 2.30. The summed E-state index contributed by atoms with van der Waals surface area (Å²) in [7, 11) is -3.74. The Morgan fingerprint density at radius 3 is 2.03 bits per heavy atom. The Bertz CT molecular complexity index is 748. The quantitative estimate of drug-likeness (QED) is 0.500. The smallest absolute Gasteiger partial charge is 0.328 e. The summed E-state index contributed by atoms with van der Waals surface area (Å²) in [5.41, 5.74) is 0.632. The number of sulfonamides is 1. The van der Waals surface area contributed by atoms with Gasteiger partial charge in [0.1, 0.15) is 12.1 Å². The van der Waals surface area contributed by atoms with Gasteiger partial charge in [-0.1, -0.05) is 58.0 Å². The third-order valence-electron chi connectivity index (χ3n) is 4.14. The molecule has 0 fully saturated rings. The zero-order valence-corrected chi connectivity index (χ0v) is 18.8. The van der Waals surface area contributed by atoms with E-state index < -0.39 is 34.0 Å². The van der Waals surface area contributed by atoms with Crippen LogP contribution in [0.25, 0.3) is 0 Å². The normalized spacial score (nSPS) is 13.9. The largest absolute Gasteiger partial charge is 0.464 e. The van der Waals surface area contributed by atoms with Crippen molar-refractivity contribution in [2.45, 2.75) is 65.3 Å². The highest BCUT2D eigenvalue weighted by atomic mass is 32.2. The molecule has 0 unspecified atom stereocenters. The molecule has 0 aliphatic carbocycles. The maximum absolute atomic E-state index is 12.9. The number of esters is 1. The number of ether oxygens (including phenoxy) is 1. The first kappa shape index (κ1) is 25.1. The lowest BCUT2D eigenvalue weighted by Crippen LogP contribution is -2.52. The second-order valence-corrected chi connectivity index (χ2v) is 9.74. The molecule has 0 aliphatic rings. The summed E-state index contributed by atoms with van der Waals surface area (Å²) in [4.78, 5) is 25.1. The standard InChI is InChI=1S/C21H34N2O5S/c1-6-28-21(25)19(13-16(4)5)22-20(24)18(12-15(2)3)23-29(26,27)14-17-10-8-7-9-11-17/h7-11,15-16,18-19,23H,6,12-14H2,1-5H3,(H,22,24)/t18-,19-/m0/s1. The Kier molecular flexibility index (Phi) is 10.3. The van der Waals surface area contributed by atoms with E-state index in [0.29, 0.717) is 18.4 Å². The van der Waals surface area contributed by atoms with Crippen LogP contribution in [-0.4, -0.2) is 39.0 Å². The van der Waals surface area contributed by atoms with Crippen LogP contribution in [0.5, 0.6) is 0 Å².